The zero-order valence-corrected chi connectivity index (χ0v) is 12.3. The van der Waals surface area contributed by atoms with Gasteiger partial charge in [0.05, 0.1) is 4.92 Å². The van der Waals surface area contributed by atoms with E-state index >= 15 is 0 Å². The molecule has 1 aromatic heterocycles. The van der Waals surface area contributed by atoms with Gasteiger partial charge >= 0.3 is 5.69 Å². The van der Waals surface area contributed by atoms with Gasteiger partial charge in [-0.05, 0) is 18.8 Å². The first-order chi connectivity index (χ1) is 8.86. The Balaban J connectivity index is 2.31. The normalized spacial score (nSPS) is 15.7. The standard InChI is InChI=1S/C10H15N3O4S2/c1-11-10-8(13(14)15)5-9(18-10)19(16,17)12(2)6-7-3-4-7/h5,7,11H,3-4,6H2,1-2H3. The van der Waals surface area contributed by atoms with Crippen molar-refractivity contribution in [3.63, 3.8) is 0 Å². The molecule has 0 saturated heterocycles. The van der Waals surface area contributed by atoms with Crippen molar-refractivity contribution in [2.45, 2.75) is 17.1 Å². The van der Waals surface area contributed by atoms with Crippen LogP contribution < -0.4 is 5.32 Å². The summed E-state index contributed by atoms with van der Waals surface area (Å²) in [5, 5.41) is 13.8. The Morgan fingerprint density at radius 2 is 2.21 bits per heavy atom. The summed E-state index contributed by atoms with van der Waals surface area (Å²) in [4.78, 5) is 10.3. The Labute approximate surface area is 115 Å². The lowest BCUT2D eigenvalue weighted by atomic mass is 10.4. The fourth-order valence-corrected chi connectivity index (χ4v) is 4.46. The summed E-state index contributed by atoms with van der Waals surface area (Å²) in [6, 6.07) is 1.12. The average molecular weight is 305 g/mol. The fraction of sp³-hybridized carbons (Fsp3) is 0.600. The summed E-state index contributed by atoms with van der Waals surface area (Å²) in [6.45, 7) is 0.475. The minimum absolute atomic E-state index is 0.00620. The third kappa shape index (κ3) is 2.88. The van der Waals surface area contributed by atoms with E-state index in [0.717, 1.165) is 30.2 Å². The molecule has 7 nitrogen and oxygen atoms in total. The van der Waals surface area contributed by atoms with Crippen LogP contribution in [0.15, 0.2) is 10.3 Å². The highest BCUT2D eigenvalue weighted by molar-refractivity contribution is 7.91. The molecular formula is C10H15N3O4S2. The lowest BCUT2D eigenvalue weighted by Crippen LogP contribution is -2.28. The second-order valence-electron chi connectivity index (χ2n) is 4.52. The Kier molecular flexibility index (Phi) is 3.79. The number of sulfonamides is 1. The number of nitrogens with zero attached hydrogens (tertiary/aromatic N) is 2. The molecule has 1 aromatic rings. The van der Waals surface area contributed by atoms with E-state index < -0.39 is 14.9 Å². The molecule has 0 atom stereocenters. The summed E-state index contributed by atoms with van der Waals surface area (Å²) < 4.78 is 25.9. The van der Waals surface area contributed by atoms with Crippen molar-refractivity contribution in [2.75, 3.05) is 26.0 Å². The van der Waals surface area contributed by atoms with Crippen molar-refractivity contribution in [2.24, 2.45) is 5.92 Å². The van der Waals surface area contributed by atoms with Gasteiger partial charge in [0.2, 0.25) is 0 Å². The molecule has 1 N–H and O–H groups in total. The van der Waals surface area contributed by atoms with Crippen molar-refractivity contribution in [1.82, 2.24) is 4.31 Å². The van der Waals surface area contributed by atoms with E-state index in [0.29, 0.717) is 12.5 Å². The van der Waals surface area contributed by atoms with Crippen molar-refractivity contribution < 1.29 is 13.3 Å². The molecule has 19 heavy (non-hydrogen) atoms. The number of nitro groups is 1. The molecule has 0 aromatic carbocycles. The molecule has 0 aliphatic heterocycles. The zero-order chi connectivity index (χ0) is 14.2. The summed E-state index contributed by atoms with van der Waals surface area (Å²) in [5.74, 6) is 0.429. The lowest BCUT2D eigenvalue weighted by molar-refractivity contribution is -0.383. The van der Waals surface area contributed by atoms with E-state index in [-0.39, 0.29) is 14.9 Å². The quantitative estimate of drug-likeness (QED) is 0.638. The molecule has 1 aliphatic carbocycles. The minimum Gasteiger partial charge on any atom is -0.374 e. The van der Waals surface area contributed by atoms with Gasteiger partial charge in [-0.3, -0.25) is 10.1 Å². The first-order valence-electron chi connectivity index (χ1n) is 5.78. The first-order valence-corrected chi connectivity index (χ1v) is 8.04. The van der Waals surface area contributed by atoms with Gasteiger partial charge in [0.25, 0.3) is 10.0 Å². The van der Waals surface area contributed by atoms with Gasteiger partial charge in [-0.1, -0.05) is 11.3 Å². The van der Waals surface area contributed by atoms with Crippen molar-refractivity contribution >= 4 is 32.0 Å². The second-order valence-corrected chi connectivity index (χ2v) is 7.84. The van der Waals surface area contributed by atoms with Gasteiger partial charge in [0.15, 0.2) is 5.00 Å². The first kappa shape index (κ1) is 14.2. The third-order valence-electron chi connectivity index (χ3n) is 2.99. The van der Waals surface area contributed by atoms with E-state index in [1.54, 1.807) is 0 Å². The van der Waals surface area contributed by atoms with Crippen LogP contribution in [-0.4, -0.2) is 38.3 Å². The van der Waals surface area contributed by atoms with Gasteiger partial charge in [-0.15, -0.1) is 0 Å². The zero-order valence-electron chi connectivity index (χ0n) is 10.6. The summed E-state index contributed by atoms with van der Waals surface area (Å²) in [6.07, 6.45) is 2.10. The minimum atomic E-state index is -3.63. The van der Waals surface area contributed by atoms with E-state index in [9.17, 15) is 18.5 Å². The lowest BCUT2D eigenvalue weighted by Gasteiger charge is -2.14. The van der Waals surface area contributed by atoms with E-state index in [1.807, 2.05) is 0 Å². The molecule has 0 spiro atoms. The van der Waals surface area contributed by atoms with Gasteiger partial charge in [0, 0.05) is 26.7 Å². The summed E-state index contributed by atoms with van der Waals surface area (Å²) in [7, 11) is -0.589. The molecule has 0 unspecified atom stereocenters. The average Bonchev–Trinajstić information content (AvgIpc) is 3.03. The predicted octanol–water partition coefficient (Wildman–Crippen LogP) is 1.73. The summed E-state index contributed by atoms with van der Waals surface area (Å²) in [5.41, 5.74) is -0.203. The molecule has 2 rings (SSSR count). The molecule has 1 heterocycles. The van der Waals surface area contributed by atoms with Crippen LogP contribution in [0.2, 0.25) is 0 Å². The van der Waals surface area contributed by atoms with Crippen LogP contribution >= 0.6 is 11.3 Å². The number of hydrogen-bond acceptors (Lipinski definition) is 6. The summed E-state index contributed by atoms with van der Waals surface area (Å²) >= 11 is 0.888. The molecule has 1 fully saturated rings. The predicted molar refractivity (Wildman–Crippen MR) is 73.1 cm³/mol. The monoisotopic (exact) mass is 305 g/mol. The molecule has 1 aliphatic rings. The van der Waals surface area contributed by atoms with E-state index in [1.165, 1.54) is 18.4 Å². The second kappa shape index (κ2) is 5.06. The number of thiophene rings is 1. The molecule has 106 valence electrons. The van der Waals surface area contributed by atoms with Crippen LogP contribution in [0.5, 0.6) is 0 Å². The topological polar surface area (TPSA) is 92.6 Å². The Morgan fingerprint density at radius 3 is 2.63 bits per heavy atom. The Morgan fingerprint density at radius 1 is 1.58 bits per heavy atom. The number of rotatable bonds is 6. The molecule has 0 amide bonds. The number of hydrogen-bond donors (Lipinski definition) is 1. The maximum absolute atomic E-state index is 12.3. The van der Waals surface area contributed by atoms with E-state index in [4.69, 9.17) is 0 Å². The van der Waals surface area contributed by atoms with Crippen LogP contribution in [0.4, 0.5) is 10.7 Å². The van der Waals surface area contributed by atoms with Crippen molar-refractivity contribution in [3.05, 3.63) is 16.2 Å². The van der Waals surface area contributed by atoms with Gasteiger partial charge in [0.1, 0.15) is 4.21 Å². The Hall–Kier alpha value is -1.19. The van der Waals surface area contributed by atoms with Crippen LogP contribution in [0.1, 0.15) is 12.8 Å². The highest BCUT2D eigenvalue weighted by atomic mass is 32.2. The van der Waals surface area contributed by atoms with Gasteiger partial charge < -0.3 is 5.32 Å². The van der Waals surface area contributed by atoms with Crippen LogP contribution in [-0.2, 0) is 10.0 Å². The van der Waals surface area contributed by atoms with Gasteiger partial charge in [-0.25, -0.2) is 8.42 Å². The van der Waals surface area contributed by atoms with Gasteiger partial charge in [-0.2, -0.15) is 4.31 Å². The maximum atomic E-state index is 12.3. The highest BCUT2D eigenvalue weighted by Gasteiger charge is 2.32. The van der Waals surface area contributed by atoms with Crippen LogP contribution in [0, 0.1) is 16.0 Å². The van der Waals surface area contributed by atoms with Crippen molar-refractivity contribution in [3.8, 4) is 0 Å². The fourth-order valence-electron chi connectivity index (χ4n) is 1.72. The third-order valence-corrected chi connectivity index (χ3v) is 6.40. The van der Waals surface area contributed by atoms with Crippen molar-refractivity contribution in [1.29, 1.82) is 0 Å². The van der Waals surface area contributed by atoms with Crippen LogP contribution in [0.25, 0.3) is 0 Å². The largest absolute Gasteiger partial charge is 0.374 e. The highest BCUT2D eigenvalue weighted by Crippen LogP contribution is 2.38. The maximum Gasteiger partial charge on any atom is 0.304 e. The van der Waals surface area contributed by atoms with Crippen LogP contribution in [0.3, 0.4) is 0 Å². The van der Waals surface area contributed by atoms with E-state index in [2.05, 4.69) is 5.32 Å². The molecular weight excluding hydrogens is 290 g/mol. The molecule has 0 bridgehead atoms. The Bertz CT molecular complexity index is 592. The number of nitrogens with one attached hydrogen (secondary N) is 1. The molecule has 1 saturated carbocycles. The SMILES string of the molecule is CNc1sc(S(=O)(=O)N(C)CC2CC2)cc1[N+](=O)[O-]. The molecule has 9 heteroatoms. The molecule has 0 radical (unpaired) electrons. The number of anilines is 1. The smallest absolute Gasteiger partial charge is 0.304 e.